The van der Waals surface area contributed by atoms with Gasteiger partial charge in [-0.05, 0) is 33.1 Å². The summed E-state index contributed by atoms with van der Waals surface area (Å²) in [7, 11) is 2.75. The van der Waals surface area contributed by atoms with E-state index in [2.05, 4.69) is 0 Å². The molecule has 4 nitrogen and oxygen atoms in total. The number of esters is 2. The van der Waals surface area contributed by atoms with Crippen molar-refractivity contribution in [3.8, 4) is 0 Å². The van der Waals surface area contributed by atoms with Gasteiger partial charge >= 0.3 is 11.9 Å². The molecule has 1 fully saturated rings. The van der Waals surface area contributed by atoms with Gasteiger partial charge in [0, 0.05) is 0 Å². The molecule has 2 atom stereocenters. The van der Waals surface area contributed by atoms with Gasteiger partial charge in [0.1, 0.15) is 0 Å². The first kappa shape index (κ1) is 12.0. The highest BCUT2D eigenvalue weighted by Gasteiger charge is 2.52. The molecule has 1 saturated carbocycles. The summed E-state index contributed by atoms with van der Waals surface area (Å²) in [6.45, 7) is 3.68. The Bertz CT molecular complexity index is 258. The molecule has 0 aromatic rings. The van der Waals surface area contributed by atoms with E-state index in [0.29, 0.717) is 19.3 Å². The average Bonchev–Trinajstić information content (AvgIpc) is 2.55. The zero-order chi connectivity index (χ0) is 11.7. The molecular formula is C11H18O4. The van der Waals surface area contributed by atoms with E-state index in [1.54, 1.807) is 0 Å². The van der Waals surface area contributed by atoms with Crippen LogP contribution in [0.1, 0.15) is 33.1 Å². The number of hydrogen-bond donors (Lipinski definition) is 0. The average molecular weight is 214 g/mol. The lowest BCUT2D eigenvalue weighted by atomic mass is 9.82. The Balaban J connectivity index is 2.82. The first-order valence-electron chi connectivity index (χ1n) is 5.05. The van der Waals surface area contributed by atoms with E-state index < -0.39 is 10.8 Å². The Kier molecular flexibility index (Phi) is 3.07. The van der Waals surface area contributed by atoms with Crippen molar-refractivity contribution in [3.05, 3.63) is 0 Å². The first-order valence-corrected chi connectivity index (χ1v) is 5.05. The van der Waals surface area contributed by atoms with Crippen LogP contribution in [0, 0.1) is 10.8 Å². The monoisotopic (exact) mass is 214 g/mol. The number of methoxy groups -OCH3 is 2. The predicted molar refractivity (Wildman–Crippen MR) is 54.1 cm³/mol. The third-order valence-electron chi connectivity index (χ3n) is 3.37. The van der Waals surface area contributed by atoms with E-state index >= 15 is 0 Å². The van der Waals surface area contributed by atoms with Gasteiger partial charge in [-0.2, -0.15) is 0 Å². The van der Waals surface area contributed by atoms with Crippen LogP contribution in [0.2, 0.25) is 0 Å². The molecule has 1 aliphatic carbocycles. The Morgan fingerprint density at radius 3 is 1.53 bits per heavy atom. The first-order chi connectivity index (χ1) is 6.88. The van der Waals surface area contributed by atoms with Gasteiger partial charge in [-0.15, -0.1) is 0 Å². The third kappa shape index (κ3) is 1.98. The Hall–Kier alpha value is -1.06. The maximum absolute atomic E-state index is 11.6. The molecule has 4 heteroatoms. The fourth-order valence-electron chi connectivity index (χ4n) is 2.43. The summed E-state index contributed by atoms with van der Waals surface area (Å²) in [6, 6.07) is 0. The molecule has 0 radical (unpaired) electrons. The lowest BCUT2D eigenvalue weighted by Crippen LogP contribution is -2.31. The molecule has 0 aromatic carbocycles. The minimum atomic E-state index is -0.544. The van der Waals surface area contributed by atoms with Crippen LogP contribution in [0.25, 0.3) is 0 Å². The van der Waals surface area contributed by atoms with E-state index in [1.165, 1.54) is 14.2 Å². The van der Waals surface area contributed by atoms with Gasteiger partial charge in [-0.3, -0.25) is 9.59 Å². The Morgan fingerprint density at radius 1 is 0.933 bits per heavy atom. The van der Waals surface area contributed by atoms with Crippen LogP contribution in [0.5, 0.6) is 0 Å². The van der Waals surface area contributed by atoms with E-state index in [1.807, 2.05) is 13.8 Å². The van der Waals surface area contributed by atoms with Crippen LogP contribution in [0.15, 0.2) is 0 Å². The zero-order valence-electron chi connectivity index (χ0n) is 9.75. The summed E-state index contributed by atoms with van der Waals surface area (Å²) >= 11 is 0. The van der Waals surface area contributed by atoms with E-state index in [9.17, 15) is 9.59 Å². The second kappa shape index (κ2) is 3.83. The van der Waals surface area contributed by atoms with Crippen LogP contribution in [-0.2, 0) is 19.1 Å². The van der Waals surface area contributed by atoms with Gasteiger partial charge < -0.3 is 9.47 Å². The molecule has 0 unspecified atom stereocenters. The number of rotatable bonds is 2. The van der Waals surface area contributed by atoms with Crippen LogP contribution >= 0.6 is 0 Å². The Labute approximate surface area is 89.9 Å². The molecular weight excluding hydrogens is 196 g/mol. The van der Waals surface area contributed by atoms with Crippen LogP contribution in [0.4, 0.5) is 0 Å². The number of carbonyl (C=O) groups is 2. The molecule has 0 saturated heterocycles. The molecule has 0 N–H and O–H groups in total. The molecule has 1 rings (SSSR count). The maximum atomic E-state index is 11.6. The quantitative estimate of drug-likeness (QED) is 0.654. The molecule has 1 aliphatic rings. The van der Waals surface area contributed by atoms with Crippen molar-refractivity contribution in [2.45, 2.75) is 33.1 Å². The SMILES string of the molecule is COC(=O)[C@]1(C)CC[C@@](C)(C(=O)OC)C1. The van der Waals surface area contributed by atoms with Crippen LogP contribution < -0.4 is 0 Å². The number of carbonyl (C=O) groups excluding carboxylic acids is 2. The van der Waals surface area contributed by atoms with Gasteiger partial charge in [0.25, 0.3) is 0 Å². The summed E-state index contributed by atoms with van der Waals surface area (Å²) in [4.78, 5) is 23.1. The molecule has 0 amide bonds. The van der Waals surface area contributed by atoms with E-state index in [4.69, 9.17) is 9.47 Å². The highest BCUT2D eigenvalue weighted by molar-refractivity contribution is 5.82. The smallest absolute Gasteiger partial charge is 0.311 e. The molecule has 0 bridgehead atoms. The van der Waals surface area contributed by atoms with Gasteiger partial charge in [-0.1, -0.05) is 0 Å². The standard InChI is InChI=1S/C11H18O4/c1-10(8(12)14-3)5-6-11(2,7-10)9(13)15-4/h5-7H2,1-4H3/t10-,11-/m1/s1. The number of ether oxygens (including phenoxy) is 2. The number of hydrogen-bond acceptors (Lipinski definition) is 4. The van der Waals surface area contributed by atoms with Gasteiger partial charge in [0.05, 0.1) is 25.0 Å². The normalized spacial score (nSPS) is 34.9. The van der Waals surface area contributed by atoms with Crippen molar-refractivity contribution in [2.75, 3.05) is 14.2 Å². The van der Waals surface area contributed by atoms with Crippen LogP contribution in [0.3, 0.4) is 0 Å². The molecule has 15 heavy (non-hydrogen) atoms. The van der Waals surface area contributed by atoms with Crippen LogP contribution in [-0.4, -0.2) is 26.2 Å². The maximum Gasteiger partial charge on any atom is 0.311 e. The topological polar surface area (TPSA) is 52.6 Å². The van der Waals surface area contributed by atoms with Crippen molar-refractivity contribution < 1.29 is 19.1 Å². The second-order valence-corrected chi connectivity index (χ2v) is 4.78. The third-order valence-corrected chi connectivity index (χ3v) is 3.37. The fraction of sp³-hybridized carbons (Fsp3) is 0.818. The van der Waals surface area contributed by atoms with Crippen molar-refractivity contribution in [1.82, 2.24) is 0 Å². The lowest BCUT2D eigenvalue weighted by molar-refractivity contribution is -0.155. The molecule has 86 valence electrons. The fourth-order valence-corrected chi connectivity index (χ4v) is 2.43. The van der Waals surface area contributed by atoms with Crippen molar-refractivity contribution in [2.24, 2.45) is 10.8 Å². The minimum absolute atomic E-state index is 0.241. The predicted octanol–water partition coefficient (Wildman–Crippen LogP) is 1.53. The Morgan fingerprint density at radius 2 is 1.27 bits per heavy atom. The van der Waals surface area contributed by atoms with Gasteiger partial charge in [-0.25, -0.2) is 0 Å². The lowest BCUT2D eigenvalue weighted by Gasteiger charge is -2.24. The molecule has 0 aliphatic heterocycles. The molecule has 0 spiro atoms. The van der Waals surface area contributed by atoms with Crippen molar-refractivity contribution in [3.63, 3.8) is 0 Å². The summed E-state index contributed by atoms with van der Waals surface area (Å²) in [6.07, 6.45) is 1.84. The van der Waals surface area contributed by atoms with Gasteiger partial charge in [0.2, 0.25) is 0 Å². The van der Waals surface area contributed by atoms with Gasteiger partial charge in [0.15, 0.2) is 0 Å². The molecule has 0 aromatic heterocycles. The highest BCUT2D eigenvalue weighted by atomic mass is 16.5. The van der Waals surface area contributed by atoms with Crippen molar-refractivity contribution in [1.29, 1.82) is 0 Å². The summed E-state index contributed by atoms with van der Waals surface area (Å²) in [5.41, 5.74) is -1.09. The van der Waals surface area contributed by atoms with E-state index in [0.717, 1.165) is 0 Å². The highest BCUT2D eigenvalue weighted by Crippen LogP contribution is 2.50. The summed E-state index contributed by atoms with van der Waals surface area (Å²) < 4.78 is 9.51. The summed E-state index contributed by atoms with van der Waals surface area (Å²) in [5, 5.41) is 0. The zero-order valence-corrected chi connectivity index (χ0v) is 9.75. The minimum Gasteiger partial charge on any atom is -0.469 e. The summed E-state index contributed by atoms with van der Waals surface area (Å²) in [5.74, 6) is -0.481. The molecule has 0 heterocycles. The largest absolute Gasteiger partial charge is 0.469 e. The second-order valence-electron chi connectivity index (χ2n) is 4.78. The van der Waals surface area contributed by atoms with Crippen molar-refractivity contribution >= 4 is 11.9 Å². The van der Waals surface area contributed by atoms with E-state index in [-0.39, 0.29) is 11.9 Å².